The molecule has 0 aliphatic heterocycles. The van der Waals surface area contributed by atoms with E-state index in [0.29, 0.717) is 5.78 Å². The summed E-state index contributed by atoms with van der Waals surface area (Å²) in [7, 11) is 0. The van der Waals surface area contributed by atoms with Gasteiger partial charge in [0.1, 0.15) is 0 Å². The normalized spacial score (nSPS) is 22.9. The summed E-state index contributed by atoms with van der Waals surface area (Å²) in [6.07, 6.45) is 11.6. The quantitative estimate of drug-likeness (QED) is 0.606. The van der Waals surface area contributed by atoms with Crippen molar-refractivity contribution in [3.8, 4) is 0 Å². The molecule has 0 aromatic rings. The van der Waals surface area contributed by atoms with Crippen LogP contribution in [0.25, 0.3) is 0 Å². The van der Waals surface area contributed by atoms with E-state index >= 15 is 0 Å². The lowest BCUT2D eigenvalue weighted by Gasteiger charge is -2.12. The second-order valence-electron chi connectivity index (χ2n) is 4.48. The molecule has 0 bridgehead atoms. The van der Waals surface area contributed by atoms with Gasteiger partial charge in [-0.2, -0.15) is 0 Å². The van der Waals surface area contributed by atoms with Crippen molar-refractivity contribution in [2.24, 2.45) is 5.92 Å². The van der Waals surface area contributed by atoms with Crippen molar-refractivity contribution in [1.82, 2.24) is 0 Å². The third kappa shape index (κ3) is 2.98. The van der Waals surface area contributed by atoms with Crippen molar-refractivity contribution in [1.29, 1.82) is 0 Å². The van der Waals surface area contributed by atoms with Gasteiger partial charge in [0, 0.05) is 6.42 Å². The van der Waals surface area contributed by atoms with E-state index in [4.69, 9.17) is 0 Å². The Labute approximate surface area is 80.2 Å². The number of hydrogen-bond acceptors (Lipinski definition) is 1. The fourth-order valence-corrected chi connectivity index (χ4v) is 2.04. The fraction of sp³-hybridized carbons (Fsp3) is 0.750. The molecule has 2 saturated carbocycles. The topological polar surface area (TPSA) is 17.1 Å². The van der Waals surface area contributed by atoms with Gasteiger partial charge in [-0.15, -0.1) is 0 Å². The highest BCUT2D eigenvalue weighted by Crippen LogP contribution is 2.33. The van der Waals surface area contributed by atoms with Crippen LogP contribution in [0.4, 0.5) is 0 Å². The number of carbonyl (C=O) groups is 1. The van der Waals surface area contributed by atoms with Crippen LogP contribution in [0.1, 0.15) is 51.4 Å². The summed E-state index contributed by atoms with van der Waals surface area (Å²) in [6.45, 7) is 0. The largest absolute Gasteiger partial charge is 0.295 e. The third-order valence-corrected chi connectivity index (χ3v) is 3.05. The Morgan fingerprint density at radius 2 is 1.92 bits per heavy atom. The summed E-state index contributed by atoms with van der Waals surface area (Å²) in [5, 5.41) is 0. The van der Waals surface area contributed by atoms with E-state index in [1.807, 2.05) is 6.08 Å². The first kappa shape index (κ1) is 8.98. The van der Waals surface area contributed by atoms with Crippen molar-refractivity contribution in [2.75, 3.05) is 0 Å². The van der Waals surface area contributed by atoms with E-state index in [0.717, 1.165) is 12.3 Å². The monoisotopic (exact) mass is 178 g/mol. The SMILES string of the molecule is O=C(C=C1CCCCC1)CC1CC1. The van der Waals surface area contributed by atoms with Gasteiger partial charge in [0.25, 0.3) is 0 Å². The van der Waals surface area contributed by atoms with Gasteiger partial charge in [-0.05, 0) is 50.5 Å². The van der Waals surface area contributed by atoms with Gasteiger partial charge in [-0.25, -0.2) is 0 Å². The summed E-state index contributed by atoms with van der Waals surface area (Å²) in [5.41, 5.74) is 1.41. The Kier molecular flexibility index (Phi) is 2.82. The second-order valence-corrected chi connectivity index (χ2v) is 4.48. The maximum Gasteiger partial charge on any atom is 0.155 e. The zero-order valence-corrected chi connectivity index (χ0v) is 8.22. The van der Waals surface area contributed by atoms with E-state index in [-0.39, 0.29) is 0 Å². The van der Waals surface area contributed by atoms with Crippen molar-refractivity contribution in [3.05, 3.63) is 11.6 Å². The molecule has 2 aliphatic rings. The molecule has 0 aromatic heterocycles. The maximum atomic E-state index is 11.5. The second kappa shape index (κ2) is 4.08. The van der Waals surface area contributed by atoms with Gasteiger partial charge in [0.2, 0.25) is 0 Å². The maximum absolute atomic E-state index is 11.5. The molecule has 0 atom stereocenters. The van der Waals surface area contributed by atoms with Gasteiger partial charge >= 0.3 is 0 Å². The van der Waals surface area contributed by atoms with Crippen LogP contribution >= 0.6 is 0 Å². The average molecular weight is 178 g/mol. The molecule has 0 heterocycles. The van der Waals surface area contributed by atoms with Gasteiger partial charge in [-0.1, -0.05) is 12.0 Å². The van der Waals surface area contributed by atoms with Crippen LogP contribution in [0.3, 0.4) is 0 Å². The van der Waals surface area contributed by atoms with Crippen LogP contribution in [0, 0.1) is 5.92 Å². The molecule has 72 valence electrons. The average Bonchev–Trinajstić information content (AvgIpc) is 2.90. The molecule has 0 saturated heterocycles. The predicted octanol–water partition coefficient (Wildman–Crippen LogP) is 3.25. The summed E-state index contributed by atoms with van der Waals surface area (Å²) >= 11 is 0. The summed E-state index contributed by atoms with van der Waals surface area (Å²) in [4.78, 5) is 11.5. The molecular weight excluding hydrogens is 160 g/mol. The van der Waals surface area contributed by atoms with Gasteiger partial charge in [0.05, 0.1) is 0 Å². The van der Waals surface area contributed by atoms with Crippen molar-refractivity contribution < 1.29 is 4.79 Å². The molecule has 2 aliphatic carbocycles. The smallest absolute Gasteiger partial charge is 0.155 e. The molecule has 0 aromatic carbocycles. The lowest BCUT2D eigenvalue weighted by atomic mass is 9.93. The Morgan fingerprint density at radius 3 is 2.54 bits per heavy atom. The molecule has 1 nitrogen and oxygen atoms in total. The fourth-order valence-electron chi connectivity index (χ4n) is 2.04. The number of rotatable bonds is 3. The van der Waals surface area contributed by atoms with Gasteiger partial charge < -0.3 is 0 Å². The number of carbonyl (C=O) groups excluding carboxylic acids is 1. The summed E-state index contributed by atoms with van der Waals surface area (Å²) in [6, 6.07) is 0. The van der Waals surface area contributed by atoms with E-state index in [9.17, 15) is 4.79 Å². The van der Waals surface area contributed by atoms with Crippen LogP contribution in [0.15, 0.2) is 11.6 Å². The minimum absolute atomic E-state index is 0.388. The van der Waals surface area contributed by atoms with Crippen molar-refractivity contribution in [2.45, 2.75) is 51.4 Å². The van der Waals surface area contributed by atoms with E-state index < -0.39 is 0 Å². The van der Waals surface area contributed by atoms with Crippen LogP contribution < -0.4 is 0 Å². The van der Waals surface area contributed by atoms with Crippen LogP contribution in [-0.2, 0) is 4.79 Å². The highest BCUT2D eigenvalue weighted by Gasteiger charge is 2.23. The summed E-state index contributed by atoms with van der Waals surface area (Å²) < 4.78 is 0. The number of allylic oxidation sites excluding steroid dienone is 2. The van der Waals surface area contributed by atoms with Crippen molar-refractivity contribution in [3.63, 3.8) is 0 Å². The summed E-state index contributed by atoms with van der Waals surface area (Å²) in [5.74, 6) is 1.13. The van der Waals surface area contributed by atoms with Crippen molar-refractivity contribution >= 4 is 5.78 Å². The molecule has 0 unspecified atom stereocenters. The van der Waals surface area contributed by atoms with E-state index in [2.05, 4.69) is 0 Å². The van der Waals surface area contributed by atoms with Gasteiger partial charge in [0.15, 0.2) is 5.78 Å². The molecule has 0 spiro atoms. The Balaban J connectivity index is 1.81. The first-order valence-corrected chi connectivity index (χ1v) is 5.57. The molecule has 0 amide bonds. The highest BCUT2D eigenvalue weighted by molar-refractivity contribution is 5.90. The van der Waals surface area contributed by atoms with Crippen LogP contribution in [0.2, 0.25) is 0 Å². The lowest BCUT2D eigenvalue weighted by Crippen LogP contribution is -2.00. The zero-order chi connectivity index (χ0) is 9.10. The molecule has 0 N–H and O–H groups in total. The Morgan fingerprint density at radius 1 is 1.23 bits per heavy atom. The molecule has 1 heteroatoms. The Bertz CT molecular complexity index is 215. The molecular formula is C12H18O. The Hall–Kier alpha value is -0.590. The first-order chi connectivity index (χ1) is 6.34. The molecule has 0 radical (unpaired) electrons. The van der Waals surface area contributed by atoms with Crippen LogP contribution in [-0.4, -0.2) is 5.78 Å². The van der Waals surface area contributed by atoms with Crippen LogP contribution in [0.5, 0.6) is 0 Å². The molecule has 2 rings (SSSR count). The zero-order valence-electron chi connectivity index (χ0n) is 8.22. The standard InChI is InChI=1S/C12H18O/c13-12(9-11-6-7-11)8-10-4-2-1-3-5-10/h8,11H,1-7,9H2. The minimum Gasteiger partial charge on any atom is -0.295 e. The third-order valence-electron chi connectivity index (χ3n) is 3.05. The lowest BCUT2D eigenvalue weighted by molar-refractivity contribution is -0.115. The van der Waals surface area contributed by atoms with Gasteiger partial charge in [-0.3, -0.25) is 4.79 Å². The number of ketones is 1. The minimum atomic E-state index is 0.388. The molecule has 2 fully saturated rings. The van der Waals surface area contributed by atoms with E-state index in [1.54, 1.807) is 0 Å². The highest BCUT2D eigenvalue weighted by atomic mass is 16.1. The first-order valence-electron chi connectivity index (χ1n) is 5.57. The van der Waals surface area contributed by atoms with E-state index in [1.165, 1.54) is 50.5 Å². The molecule has 13 heavy (non-hydrogen) atoms. The predicted molar refractivity (Wildman–Crippen MR) is 53.5 cm³/mol. The number of hydrogen-bond donors (Lipinski definition) is 0.